The summed E-state index contributed by atoms with van der Waals surface area (Å²) in [7, 11) is 0. The molecule has 2 heterocycles. The molecule has 1 fully saturated rings. The maximum Gasteiger partial charge on any atom is 0.321 e. The lowest BCUT2D eigenvalue weighted by Crippen LogP contribution is -2.40. The quantitative estimate of drug-likeness (QED) is 0.809. The zero-order chi connectivity index (χ0) is 15.9. The van der Waals surface area contributed by atoms with Gasteiger partial charge in [-0.1, -0.05) is 0 Å². The Morgan fingerprint density at radius 2 is 2.00 bits per heavy atom. The second-order valence-corrected chi connectivity index (χ2v) is 5.06. The van der Waals surface area contributed by atoms with Crippen LogP contribution >= 0.6 is 0 Å². The standard InChI is InChI=1S/C13H18N6O3/c1-9(12(20)18-22)15-13(21)17-10-7-14-8-11(16-10)19-5-3-2-4-6-19/h7-9H,2-6H2,1H3,(H2,15,16,17,21). The Bertz CT molecular complexity index is 558. The van der Waals surface area contributed by atoms with Crippen molar-refractivity contribution >= 4 is 23.6 Å². The highest BCUT2D eigenvalue weighted by molar-refractivity contribution is 5.93. The molecule has 9 nitrogen and oxygen atoms in total. The molecule has 1 saturated heterocycles. The van der Waals surface area contributed by atoms with Gasteiger partial charge in [-0.25, -0.2) is 9.78 Å². The lowest BCUT2D eigenvalue weighted by Gasteiger charge is -2.27. The predicted octanol–water partition coefficient (Wildman–Crippen LogP) is 1.27. The number of urea groups is 1. The zero-order valence-electron chi connectivity index (χ0n) is 12.3. The monoisotopic (exact) mass is 306 g/mol. The van der Waals surface area contributed by atoms with E-state index in [1.165, 1.54) is 19.5 Å². The summed E-state index contributed by atoms with van der Waals surface area (Å²) in [5, 5.41) is 7.05. The molecule has 22 heavy (non-hydrogen) atoms. The second kappa shape index (κ2) is 7.43. The van der Waals surface area contributed by atoms with Crippen molar-refractivity contribution < 1.29 is 9.59 Å². The van der Waals surface area contributed by atoms with Gasteiger partial charge >= 0.3 is 11.9 Å². The Balaban J connectivity index is 1.96. The summed E-state index contributed by atoms with van der Waals surface area (Å²) in [5.41, 5.74) is 0. The highest BCUT2D eigenvalue weighted by Crippen LogP contribution is 2.17. The van der Waals surface area contributed by atoms with Crippen molar-refractivity contribution in [2.45, 2.75) is 32.2 Å². The maximum absolute atomic E-state index is 11.7. The van der Waals surface area contributed by atoms with E-state index in [1.807, 2.05) is 0 Å². The number of piperidine rings is 1. The topological polar surface area (TPSA) is 117 Å². The molecule has 1 aliphatic heterocycles. The van der Waals surface area contributed by atoms with Crippen LogP contribution in [0.2, 0.25) is 0 Å². The zero-order valence-corrected chi connectivity index (χ0v) is 12.3. The van der Waals surface area contributed by atoms with Gasteiger partial charge in [0.05, 0.1) is 12.4 Å². The summed E-state index contributed by atoms with van der Waals surface area (Å²) in [6.07, 6.45) is 6.49. The van der Waals surface area contributed by atoms with Gasteiger partial charge < -0.3 is 10.2 Å². The van der Waals surface area contributed by atoms with Gasteiger partial charge in [-0.05, 0) is 26.2 Å². The number of rotatable bonds is 4. The summed E-state index contributed by atoms with van der Waals surface area (Å²) in [5.74, 6) is 0.0405. The molecular formula is C13H18N6O3. The van der Waals surface area contributed by atoms with Gasteiger partial charge in [0, 0.05) is 18.3 Å². The van der Waals surface area contributed by atoms with Crippen molar-refractivity contribution in [3.8, 4) is 0 Å². The lowest BCUT2D eigenvalue weighted by atomic mass is 10.1. The number of carbonyl (C=O) groups excluding carboxylic acids is 2. The van der Waals surface area contributed by atoms with Gasteiger partial charge in [0.2, 0.25) is 0 Å². The van der Waals surface area contributed by atoms with E-state index in [-0.39, 0.29) is 5.82 Å². The number of hydrogen-bond acceptors (Lipinski definition) is 6. The third kappa shape index (κ3) is 4.21. The van der Waals surface area contributed by atoms with Crippen LogP contribution in [-0.2, 0) is 4.79 Å². The minimum Gasteiger partial charge on any atom is -0.355 e. The molecule has 1 aliphatic rings. The van der Waals surface area contributed by atoms with Crippen LogP contribution in [0, 0.1) is 4.91 Å². The number of anilines is 2. The first kappa shape index (κ1) is 15.8. The molecule has 0 bridgehead atoms. The van der Waals surface area contributed by atoms with Crippen molar-refractivity contribution in [3.05, 3.63) is 17.3 Å². The van der Waals surface area contributed by atoms with Crippen LogP contribution in [-0.4, -0.2) is 41.0 Å². The summed E-state index contributed by atoms with van der Waals surface area (Å²) < 4.78 is 0. The highest BCUT2D eigenvalue weighted by atomic mass is 16.3. The smallest absolute Gasteiger partial charge is 0.321 e. The molecule has 3 amide bonds. The number of aromatic nitrogens is 2. The SMILES string of the molecule is CC(NC(=O)Nc1cncc(N2CCCCC2)n1)C(=O)N=O. The molecule has 0 aliphatic carbocycles. The molecule has 0 spiro atoms. The van der Waals surface area contributed by atoms with Crippen molar-refractivity contribution in [1.82, 2.24) is 15.3 Å². The molecule has 118 valence electrons. The van der Waals surface area contributed by atoms with Crippen LogP contribution in [0.1, 0.15) is 26.2 Å². The van der Waals surface area contributed by atoms with Crippen LogP contribution in [0.5, 0.6) is 0 Å². The van der Waals surface area contributed by atoms with Crippen LogP contribution < -0.4 is 15.5 Å². The van der Waals surface area contributed by atoms with Crippen LogP contribution in [0.25, 0.3) is 0 Å². The lowest BCUT2D eigenvalue weighted by molar-refractivity contribution is -0.119. The predicted molar refractivity (Wildman–Crippen MR) is 80.5 cm³/mol. The van der Waals surface area contributed by atoms with Crippen molar-refractivity contribution in [2.24, 2.45) is 5.18 Å². The first-order chi connectivity index (χ1) is 10.6. The molecule has 1 atom stereocenters. The molecule has 2 N–H and O–H groups in total. The fraction of sp³-hybridized carbons (Fsp3) is 0.538. The average molecular weight is 306 g/mol. The van der Waals surface area contributed by atoms with E-state index in [0.717, 1.165) is 25.9 Å². The minimum atomic E-state index is -0.990. The molecule has 0 radical (unpaired) electrons. The molecule has 2 rings (SSSR count). The maximum atomic E-state index is 11.7. The minimum absolute atomic E-state index is 0.277. The largest absolute Gasteiger partial charge is 0.355 e. The number of carbonyl (C=O) groups is 2. The van der Waals surface area contributed by atoms with Gasteiger partial charge in [-0.3, -0.25) is 15.1 Å². The second-order valence-electron chi connectivity index (χ2n) is 5.06. The van der Waals surface area contributed by atoms with E-state index in [2.05, 4.69) is 30.7 Å². The summed E-state index contributed by atoms with van der Waals surface area (Å²) in [6.45, 7) is 3.21. The molecule has 9 heteroatoms. The third-order valence-corrected chi connectivity index (χ3v) is 3.35. The Hall–Kier alpha value is -2.58. The Labute approximate surface area is 127 Å². The Morgan fingerprint density at radius 3 is 2.68 bits per heavy atom. The normalized spacial score (nSPS) is 15.8. The van der Waals surface area contributed by atoms with Crippen LogP contribution in [0.4, 0.5) is 16.4 Å². The van der Waals surface area contributed by atoms with Gasteiger partial charge in [-0.15, -0.1) is 4.91 Å². The third-order valence-electron chi connectivity index (χ3n) is 3.35. The fourth-order valence-corrected chi connectivity index (χ4v) is 2.18. The van der Waals surface area contributed by atoms with Crippen molar-refractivity contribution in [1.29, 1.82) is 0 Å². The first-order valence-corrected chi connectivity index (χ1v) is 7.12. The number of nitrogens with one attached hydrogen (secondary N) is 2. The summed E-state index contributed by atoms with van der Waals surface area (Å²) in [6, 6.07) is -1.63. The number of nitroso groups, excluding NO2 is 1. The van der Waals surface area contributed by atoms with Gasteiger partial charge in [0.1, 0.15) is 11.9 Å². The van der Waals surface area contributed by atoms with E-state index in [0.29, 0.717) is 5.82 Å². The molecule has 1 unspecified atom stereocenters. The van der Waals surface area contributed by atoms with E-state index >= 15 is 0 Å². The number of nitrogens with zero attached hydrogens (tertiary/aromatic N) is 4. The molecule has 1 aromatic rings. The van der Waals surface area contributed by atoms with E-state index in [1.54, 1.807) is 6.20 Å². The van der Waals surface area contributed by atoms with Crippen LogP contribution in [0.3, 0.4) is 0 Å². The fourth-order valence-electron chi connectivity index (χ4n) is 2.18. The van der Waals surface area contributed by atoms with E-state index < -0.39 is 18.0 Å². The Kier molecular flexibility index (Phi) is 5.34. The first-order valence-electron chi connectivity index (χ1n) is 7.12. The molecule has 1 aromatic heterocycles. The number of amides is 3. The van der Waals surface area contributed by atoms with E-state index in [4.69, 9.17) is 0 Å². The summed E-state index contributed by atoms with van der Waals surface area (Å²) in [4.78, 5) is 43.3. The van der Waals surface area contributed by atoms with E-state index in [9.17, 15) is 14.5 Å². The molecule has 0 saturated carbocycles. The van der Waals surface area contributed by atoms with Gasteiger partial charge in [0.25, 0.3) is 0 Å². The number of hydrogen-bond donors (Lipinski definition) is 2. The highest BCUT2D eigenvalue weighted by Gasteiger charge is 2.17. The van der Waals surface area contributed by atoms with Crippen molar-refractivity contribution in [3.63, 3.8) is 0 Å². The van der Waals surface area contributed by atoms with Gasteiger partial charge in [-0.2, -0.15) is 0 Å². The molecular weight excluding hydrogens is 288 g/mol. The average Bonchev–Trinajstić information content (AvgIpc) is 2.55. The Morgan fingerprint density at radius 1 is 1.27 bits per heavy atom. The van der Waals surface area contributed by atoms with Gasteiger partial charge in [0.15, 0.2) is 5.82 Å². The molecule has 0 aromatic carbocycles. The van der Waals surface area contributed by atoms with Crippen molar-refractivity contribution in [2.75, 3.05) is 23.3 Å². The van der Waals surface area contributed by atoms with Crippen LogP contribution in [0.15, 0.2) is 17.6 Å². The summed E-state index contributed by atoms with van der Waals surface area (Å²) >= 11 is 0.